The summed E-state index contributed by atoms with van der Waals surface area (Å²) in [6, 6.07) is 0. The summed E-state index contributed by atoms with van der Waals surface area (Å²) in [7, 11) is 0. The van der Waals surface area contributed by atoms with Gasteiger partial charge >= 0.3 is 12.1 Å². The molecule has 1 atom stereocenters. The largest absolute Gasteiger partial charge is 0.428 e. The molecule has 0 aromatic carbocycles. The molecule has 12 heavy (non-hydrogen) atoms. The molecule has 0 rings (SSSR count). The third-order valence-electron chi connectivity index (χ3n) is 1.41. The van der Waals surface area contributed by atoms with Crippen LogP contribution in [0.2, 0.25) is 0 Å². The second-order valence-electron chi connectivity index (χ2n) is 2.33. The first-order valence-electron chi connectivity index (χ1n) is 2.83. The van der Waals surface area contributed by atoms with Gasteiger partial charge in [0, 0.05) is 0 Å². The molecule has 0 aliphatic heterocycles. The van der Waals surface area contributed by atoms with Crippen LogP contribution in [0.25, 0.3) is 0 Å². The molecule has 0 bridgehead atoms. The maximum Gasteiger partial charge on any atom is 0.428 e. The molecule has 0 aliphatic rings. The molecule has 0 fully saturated rings. The third-order valence-corrected chi connectivity index (χ3v) is 1.41. The van der Waals surface area contributed by atoms with Crippen molar-refractivity contribution in [3.05, 3.63) is 12.7 Å². The van der Waals surface area contributed by atoms with Gasteiger partial charge in [-0.25, -0.2) is 4.39 Å². The Labute approximate surface area is 64.9 Å². The lowest BCUT2D eigenvalue weighted by Crippen LogP contribution is -2.51. The Morgan fingerprint density at radius 3 is 1.42 bits per heavy atom. The summed E-state index contributed by atoms with van der Waals surface area (Å²) in [4.78, 5) is 0. The van der Waals surface area contributed by atoms with E-state index in [0.29, 0.717) is 0 Å². The maximum atomic E-state index is 12.4. The topological polar surface area (TPSA) is 0 Å². The van der Waals surface area contributed by atoms with E-state index in [9.17, 15) is 26.3 Å². The summed E-state index contributed by atoms with van der Waals surface area (Å²) in [5.41, 5.74) is -4.57. The average Bonchev–Trinajstić information content (AvgIpc) is 1.85. The first kappa shape index (κ1) is 11.3. The monoisotopic (exact) mass is 192 g/mol. The van der Waals surface area contributed by atoms with Crippen molar-refractivity contribution >= 4 is 0 Å². The van der Waals surface area contributed by atoms with Crippen LogP contribution in [0.1, 0.15) is 6.92 Å². The fourth-order valence-electron chi connectivity index (χ4n) is 0.381. The van der Waals surface area contributed by atoms with E-state index in [4.69, 9.17) is 0 Å². The van der Waals surface area contributed by atoms with E-state index in [2.05, 4.69) is 6.58 Å². The van der Waals surface area contributed by atoms with Gasteiger partial charge < -0.3 is 0 Å². The van der Waals surface area contributed by atoms with Gasteiger partial charge in [0.2, 0.25) is 0 Å². The summed E-state index contributed by atoms with van der Waals surface area (Å²) in [6.07, 6.45) is -5.97. The van der Waals surface area contributed by atoms with Crippen LogP contribution >= 0.6 is 0 Å². The van der Waals surface area contributed by atoms with Crippen LogP contribution < -0.4 is 0 Å². The van der Waals surface area contributed by atoms with Gasteiger partial charge in [-0.3, -0.25) is 0 Å². The number of alkyl halides is 6. The molecule has 1 unspecified atom stereocenters. The highest BCUT2D eigenvalue weighted by Gasteiger charge is 2.66. The van der Waals surface area contributed by atoms with Crippen LogP contribution in [0.5, 0.6) is 0 Å². The summed E-state index contributed by atoms with van der Waals surface area (Å²) >= 11 is 0. The molecule has 0 saturated heterocycles. The minimum Gasteiger partial charge on any atom is -0.227 e. The van der Waals surface area contributed by atoms with Crippen LogP contribution in [0.15, 0.2) is 12.7 Å². The van der Waals surface area contributed by atoms with Crippen molar-refractivity contribution in [2.24, 2.45) is 0 Å². The molecule has 0 radical (unpaired) electrons. The second kappa shape index (κ2) is 2.67. The van der Waals surface area contributed by atoms with Crippen LogP contribution in [0.4, 0.5) is 26.3 Å². The predicted octanol–water partition coefficient (Wildman–Crippen LogP) is 3.10. The molecule has 0 spiro atoms. The van der Waals surface area contributed by atoms with Crippen molar-refractivity contribution in [3.63, 3.8) is 0 Å². The van der Waals surface area contributed by atoms with Crippen LogP contribution in [0, 0.1) is 0 Å². The van der Waals surface area contributed by atoms with Crippen molar-refractivity contribution < 1.29 is 26.3 Å². The zero-order valence-corrected chi connectivity index (χ0v) is 6.05. The first-order valence-corrected chi connectivity index (χ1v) is 2.83. The zero-order valence-electron chi connectivity index (χ0n) is 6.05. The Bertz CT molecular complexity index is 177. The zero-order chi connectivity index (χ0) is 10.2. The van der Waals surface area contributed by atoms with Gasteiger partial charge in [0.05, 0.1) is 0 Å². The van der Waals surface area contributed by atoms with Gasteiger partial charge in [0.1, 0.15) is 0 Å². The van der Waals surface area contributed by atoms with Gasteiger partial charge in [0.25, 0.3) is 5.67 Å². The van der Waals surface area contributed by atoms with Crippen molar-refractivity contribution in [2.75, 3.05) is 0 Å². The molecule has 6 heteroatoms. The fraction of sp³-hybridized carbons (Fsp3) is 0.667. The SMILES string of the molecule is C=CC(F)(F)C(C)(F)C(F)(F)F. The summed E-state index contributed by atoms with van der Waals surface area (Å²) in [5.74, 6) is -4.61. The molecule has 72 valence electrons. The highest BCUT2D eigenvalue weighted by Crippen LogP contribution is 2.45. The van der Waals surface area contributed by atoms with E-state index >= 15 is 0 Å². The van der Waals surface area contributed by atoms with E-state index < -0.39 is 17.8 Å². The molecule has 0 nitrogen and oxygen atoms in total. The van der Waals surface area contributed by atoms with Crippen molar-refractivity contribution in [1.82, 2.24) is 0 Å². The molecule has 0 amide bonds. The normalized spacial score (nSPS) is 18.6. The number of rotatable bonds is 2. The third kappa shape index (κ3) is 1.56. The number of halogens is 6. The van der Waals surface area contributed by atoms with E-state index in [-0.39, 0.29) is 13.0 Å². The minimum atomic E-state index is -5.61. The maximum absolute atomic E-state index is 12.4. The summed E-state index contributed by atoms with van der Waals surface area (Å²) in [6.45, 7) is 2.19. The summed E-state index contributed by atoms with van der Waals surface area (Å²) in [5, 5.41) is 0. The lowest BCUT2D eigenvalue weighted by atomic mass is 10.00. The van der Waals surface area contributed by atoms with Crippen LogP contribution in [-0.4, -0.2) is 17.8 Å². The molecular formula is C6H6F6. The fourth-order valence-corrected chi connectivity index (χ4v) is 0.381. The molecule has 0 aromatic heterocycles. The highest BCUT2D eigenvalue weighted by molar-refractivity contribution is 5.05. The Morgan fingerprint density at radius 1 is 1.00 bits per heavy atom. The predicted molar refractivity (Wildman–Crippen MR) is 30.7 cm³/mol. The lowest BCUT2D eigenvalue weighted by Gasteiger charge is -2.29. The number of allylic oxidation sites excluding steroid dienone is 1. The Kier molecular flexibility index (Phi) is 2.52. The number of hydrogen-bond acceptors (Lipinski definition) is 0. The van der Waals surface area contributed by atoms with Gasteiger partial charge in [0.15, 0.2) is 0 Å². The summed E-state index contributed by atoms with van der Waals surface area (Å²) < 4.78 is 71.7. The molecule has 0 N–H and O–H groups in total. The van der Waals surface area contributed by atoms with Crippen molar-refractivity contribution in [1.29, 1.82) is 0 Å². The average molecular weight is 192 g/mol. The van der Waals surface area contributed by atoms with Crippen molar-refractivity contribution in [3.8, 4) is 0 Å². The second-order valence-corrected chi connectivity index (χ2v) is 2.33. The smallest absolute Gasteiger partial charge is 0.227 e. The first-order chi connectivity index (χ1) is 5.06. The van der Waals surface area contributed by atoms with Crippen molar-refractivity contribution in [2.45, 2.75) is 24.7 Å². The Balaban J connectivity index is 4.97. The minimum absolute atomic E-state index is 0.228. The standard InChI is InChI=1S/C6H6F6/c1-3-5(8,9)4(2,7)6(10,11)12/h3H,1H2,2H3. The van der Waals surface area contributed by atoms with Crippen LogP contribution in [-0.2, 0) is 0 Å². The van der Waals surface area contributed by atoms with Gasteiger partial charge in [-0.1, -0.05) is 6.58 Å². The van der Waals surface area contributed by atoms with E-state index in [0.717, 1.165) is 0 Å². The highest BCUT2D eigenvalue weighted by atomic mass is 19.4. The van der Waals surface area contributed by atoms with E-state index in [1.54, 1.807) is 0 Å². The van der Waals surface area contributed by atoms with Gasteiger partial charge in [-0.05, 0) is 13.0 Å². The van der Waals surface area contributed by atoms with Crippen LogP contribution in [0.3, 0.4) is 0 Å². The molecular weight excluding hydrogens is 186 g/mol. The number of hydrogen-bond donors (Lipinski definition) is 0. The molecule has 0 saturated carbocycles. The molecule has 0 aliphatic carbocycles. The van der Waals surface area contributed by atoms with Gasteiger partial charge in [-0.15, -0.1) is 0 Å². The van der Waals surface area contributed by atoms with Gasteiger partial charge in [-0.2, -0.15) is 22.0 Å². The quantitative estimate of drug-likeness (QED) is 0.465. The Hall–Kier alpha value is -0.680. The Morgan fingerprint density at radius 2 is 1.33 bits per heavy atom. The molecule has 0 heterocycles. The van der Waals surface area contributed by atoms with E-state index in [1.807, 2.05) is 0 Å². The van der Waals surface area contributed by atoms with E-state index in [1.165, 1.54) is 0 Å². The molecule has 0 aromatic rings. The lowest BCUT2D eigenvalue weighted by molar-refractivity contribution is -0.281.